The maximum absolute atomic E-state index is 12.8. The van der Waals surface area contributed by atoms with E-state index in [9.17, 15) is 26.3 Å². The minimum Gasteiger partial charge on any atom is -0.467 e. The van der Waals surface area contributed by atoms with Gasteiger partial charge in [-0.3, -0.25) is 0 Å². The smallest absolute Gasteiger partial charge is 0.423 e. The number of rotatable bonds is 5. The molecule has 0 spiro atoms. The van der Waals surface area contributed by atoms with Crippen molar-refractivity contribution < 1.29 is 35.8 Å². The van der Waals surface area contributed by atoms with Crippen molar-refractivity contribution in [3.8, 4) is 11.9 Å². The van der Waals surface area contributed by atoms with Crippen LogP contribution in [0.5, 0.6) is 11.9 Å². The average Bonchev–Trinajstić information content (AvgIpc) is 2.50. The van der Waals surface area contributed by atoms with Gasteiger partial charge in [0.2, 0.25) is 5.88 Å². The zero-order chi connectivity index (χ0) is 17.8. The Morgan fingerprint density at radius 1 is 0.917 bits per heavy atom. The molecule has 4 nitrogen and oxygen atoms in total. The van der Waals surface area contributed by atoms with Crippen LogP contribution in [0.15, 0.2) is 36.5 Å². The van der Waals surface area contributed by atoms with Gasteiger partial charge in [-0.1, -0.05) is 30.3 Å². The van der Waals surface area contributed by atoms with Crippen molar-refractivity contribution in [3.63, 3.8) is 0 Å². The molecule has 0 atom stereocenters. The first kappa shape index (κ1) is 17.8. The Bertz CT molecular complexity index is 673. The predicted molar refractivity (Wildman–Crippen MR) is 69.4 cm³/mol. The van der Waals surface area contributed by atoms with Gasteiger partial charge in [-0.05, 0) is 5.56 Å². The monoisotopic (exact) mass is 352 g/mol. The van der Waals surface area contributed by atoms with Gasteiger partial charge in [-0.25, -0.2) is 4.98 Å². The third kappa shape index (κ3) is 5.28. The van der Waals surface area contributed by atoms with Gasteiger partial charge in [0.1, 0.15) is 12.2 Å². The molecule has 0 aliphatic rings. The van der Waals surface area contributed by atoms with E-state index in [4.69, 9.17) is 4.74 Å². The fourth-order valence-corrected chi connectivity index (χ4v) is 1.60. The summed E-state index contributed by atoms with van der Waals surface area (Å²) in [6.45, 7) is -1.98. The quantitative estimate of drug-likeness (QED) is 0.763. The summed E-state index contributed by atoms with van der Waals surface area (Å²) >= 11 is 0. The van der Waals surface area contributed by atoms with Crippen LogP contribution in [0, 0.1) is 0 Å². The number of hydrogen-bond donors (Lipinski definition) is 0. The lowest BCUT2D eigenvalue weighted by Gasteiger charge is -2.14. The molecule has 10 heteroatoms. The van der Waals surface area contributed by atoms with Gasteiger partial charge < -0.3 is 9.47 Å². The van der Waals surface area contributed by atoms with E-state index in [0.717, 1.165) is 0 Å². The van der Waals surface area contributed by atoms with E-state index < -0.39 is 36.4 Å². The van der Waals surface area contributed by atoms with Crippen LogP contribution in [0.1, 0.15) is 11.1 Å². The van der Waals surface area contributed by atoms with E-state index in [0.29, 0.717) is 11.8 Å². The number of alkyl halides is 6. The molecule has 0 fully saturated rings. The van der Waals surface area contributed by atoms with Crippen molar-refractivity contribution in [2.75, 3.05) is 6.61 Å². The van der Waals surface area contributed by atoms with E-state index in [1.807, 2.05) is 0 Å². The molecule has 1 aromatic heterocycles. The number of benzene rings is 1. The van der Waals surface area contributed by atoms with E-state index in [1.165, 1.54) is 0 Å². The molecule has 0 saturated carbocycles. The zero-order valence-corrected chi connectivity index (χ0v) is 11.9. The fourth-order valence-electron chi connectivity index (χ4n) is 1.60. The summed E-state index contributed by atoms with van der Waals surface area (Å²) in [5, 5.41) is 0. The maximum Gasteiger partial charge on any atom is 0.423 e. The van der Waals surface area contributed by atoms with Gasteiger partial charge in [-0.15, -0.1) is 0 Å². The highest BCUT2D eigenvalue weighted by molar-refractivity contribution is 5.28. The molecule has 1 aromatic carbocycles. The van der Waals surface area contributed by atoms with Crippen LogP contribution in [0.3, 0.4) is 0 Å². The molecule has 0 radical (unpaired) electrons. The summed E-state index contributed by atoms with van der Waals surface area (Å²) < 4.78 is 84.0. The highest BCUT2D eigenvalue weighted by Crippen LogP contribution is 2.36. The number of halogens is 6. The maximum atomic E-state index is 12.8. The number of ether oxygens (including phenoxy) is 2. The van der Waals surface area contributed by atoms with Crippen LogP contribution in [-0.2, 0) is 12.8 Å². The minimum atomic E-state index is -4.96. The molecule has 24 heavy (non-hydrogen) atoms. The summed E-state index contributed by atoms with van der Waals surface area (Å²) in [6.07, 6.45) is -9.45. The Kier molecular flexibility index (Phi) is 5.15. The van der Waals surface area contributed by atoms with Crippen molar-refractivity contribution in [1.82, 2.24) is 9.97 Å². The van der Waals surface area contributed by atoms with Crippen LogP contribution in [-0.4, -0.2) is 22.8 Å². The van der Waals surface area contributed by atoms with Gasteiger partial charge in [0.25, 0.3) is 0 Å². The standard InChI is InChI=1S/C14H10F6N2O2/c15-13(16,17)8-24-11-10(14(18,19)20)6-21-12(22-11)23-7-9-4-2-1-3-5-9/h1-6H,7-8H2. The Morgan fingerprint density at radius 3 is 2.17 bits per heavy atom. The molecular formula is C14H10F6N2O2. The summed E-state index contributed by atoms with van der Waals surface area (Å²) in [4.78, 5) is 6.63. The highest BCUT2D eigenvalue weighted by atomic mass is 19.4. The molecule has 2 aromatic rings. The highest BCUT2D eigenvalue weighted by Gasteiger charge is 2.38. The van der Waals surface area contributed by atoms with E-state index in [1.54, 1.807) is 30.3 Å². The summed E-state index contributed by atoms with van der Waals surface area (Å²) in [5.41, 5.74) is -0.836. The van der Waals surface area contributed by atoms with Gasteiger partial charge in [0.15, 0.2) is 6.61 Å². The van der Waals surface area contributed by atoms with Gasteiger partial charge in [0, 0.05) is 0 Å². The van der Waals surface area contributed by atoms with Crippen LogP contribution in [0.4, 0.5) is 26.3 Å². The van der Waals surface area contributed by atoms with Gasteiger partial charge >= 0.3 is 18.4 Å². The SMILES string of the molecule is FC(F)(F)COc1nc(OCc2ccccc2)ncc1C(F)(F)F. The van der Waals surface area contributed by atoms with Crippen LogP contribution >= 0.6 is 0 Å². The average molecular weight is 352 g/mol. The number of nitrogens with zero attached hydrogens (tertiary/aromatic N) is 2. The molecule has 0 unspecified atom stereocenters. The van der Waals surface area contributed by atoms with Crippen molar-refractivity contribution in [2.45, 2.75) is 19.0 Å². The Morgan fingerprint density at radius 2 is 1.58 bits per heavy atom. The Hall–Kier alpha value is -2.52. The zero-order valence-electron chi connectivity index (χ0n) is 11.9. The van der Waals surface area contributed by atoms with Crippen LogP contribution in [0.2, 0.25) is 0 Å². The number of aromatic nitrogens is 2. The van der Waals surface area contributed by atoms with Crippen LogP contribution < -0.4 is 9.47 Å². The first-order valence-electron chi connectivity index (χ1n) is 6.45. The molecule has 0 saturated heterocycles. The third-order valence-electron chi connectivity index (χ3n) is 2.62. The third-order valence-corrected chi connectivity index (χ3v) is 2.62. The van der Waals surface area contributed by atoms with E-state index >= 15 is 0 Å². The van der Waals surface area contributed by atoms with Crippen molar-refractivity contribution in [2.24, 2.45) is 0 Å². The normalized spacial score (nSPS) is 12.1. The topological polar surface area (TPSA) is 44.2 Å². The molecule has 0 aliphatic carbocycles. The van der Waals surface area contributed by atoms with E-state index in [2.05, 4.69) is 14.7 Å². The van der Waals surface area contributed by atoms with Crippen molar-refractivity contribution in [1.29, 1.82) is 0 Å². The lowest BCUT2D eigenvalue weighted by molar-refractivity contribution is -0.159. The lowest BCUT2D eigenvalue weighted by atomic mass is 10.2. The first-order chi connectivity index (χ1) is 11.1. The van der Waals surface area contributed by atoms with Gasteiger partial charge in [0.05, 0.1) is 6.20 Å². The summed E-state index contributed by atoms with van der Waals surface area (Å²) in [6, 6.07) is 8.02. The number of hydrogen-bond acceptors (Lipinski definition) is 4. The minimum absolute atomic E-state index is 0.0646. The Balaban J connectivity index is 2.18. The van der Waals surface area contributed by atoms with Crippen LogP contribution in [0.25, 0.3) is 0 Å². The second-order valence-electron chi connectivity index (χ2n) is 4.55. The fraction of sp³-hybridized carbons (Fsp3) is 0.286. The van der Waals surface area contributed by atoms with Crippen molar-refractivity contribution >= 4 is 0 Å². The van der Waals surface area contributed by atoms with Gasteiger partial charge in [-0.2, -0.15) is 31.3 Å². The molecule has 0 amide bonds. The molecular weight excluding hydrogens is 342 g/mol. The summed E-state index contributed by atoms with van der Waals surface area (Å²) in [5.74, 6) is -1.24. The summed E-state index contributed by atoms with van der Waals surface area (Å²) in [7, 11) is 0. The molecule has 0 N–H and O–H groups in total. The predicted octanol–water partition coefficient (Wildman–Crippen LogP) is 4.02. The van der Waals surface area contributed by atoms with Crippen molar-refractivity contribution in [3.05, 3.63) is 47.7 Å². The molecule has 1 heterocycles. The largest absolute Gasteiger partial charge is 0.467 e. The van der Waals surface area contributed by atoms with E-state index in [-0.39, 0.29) is 6.61 Å². The molecule has 0 aliphatic heterocycles. The second-order valence-corrected chi connectivity index (χ2v) is 4.55. The molecule has 0 bridgehead atoms. The molecule has 2 rings (SSSR count). The molecule has 130 valence electrons. The Labute approximate surface area is 132 Å². The lowest BCUT2D eigenvalue weighted by Crippen LogP contribution is -2.22. The first-order valence-corrected chi connectivity index (χ1v) is 6.45. The second kappa shape index (κ2) is 6.93.